The van der Waals surface area contributed by atoms with Gasteiger partial charge in [0.15, 0.2) is 5.76 Å². The zero-order chi connectivity index (χ0) is 23.9. The molecule has 1 fully saturated rings. The van der Waals surface area contributed by atoms with Gasteiger partial charge in [-0.25, -0.2) is 4.98 Å². The van der Waals surface area contributed by atoms with Crippen LogP contribution in [0.3, 0.4) is 0 Å². The monoisotopic (exact) mass is 466 g/mol. The lowest BCUT2D eigenvalue weighted by Gasteiger charge is -2.26. The van der Waals surface area contributed by atoms with Gasteiger partial charge in [-0.05, 0) is 70.2 Å². The van der Waals surface area contributed by atoms with Crippen molar-refractivity contribution in [2.24, 2.45) is 0 Å². The number of aryl methyl sites for hydroxylation is 2. The van der Waals surface area contributed by atoms with Crippen LogP contribution in [0.2, 0.25) is 5.02 Å². The number of aliphatic hydroxyl groups is 1. The van der Waals surface area contributed by atoms with Crippen LogP contribution in [0.25, 0.3) is 11.4 Å². The van der Waals surface area contributed by atoms with Crippen molar-refractivity contribution >= 4 is 34.7 Å². The topological polar surface area (TPSA) is 78.2 Å². The van der Waals surface area contributed by atoms with E-state index in [0.29, 0.717) is 40.6 Å². The second-order valence-corrected chi connectivity index (χ2v) is 9.07. The Hall–Kier alpha value is -3.16. The van der Waals surface area contributed by atoms with Crippen LogP contribution in [0.1, 0.15) is 35.0 Å². The molecule has 3 aromatic rings. The van der Waals surface area contributed by atoms with Gasteiger partial charge in [0.05, 0.1) is 17.3 Å². The van der Waals surface area contributed by atoms with E-state index in [1.54, 1.807) is 18.2 Å². The standard InChI is InChI=1S/C25H27ClN4O3/c1-15-8-6-12-29-16(2)20(27-24(15)29)22(31)19-21(17-9-5-10-18(26)14-17)30(25(33)23(19)32)13-7-11-28(3)4/h5-6,8-10,12,14,21,31H,7,11,13H2,1-4H3/b22-19+. The second kappa shape index (κ2) is 9.00. The van der Waals surface area contributed by atoms with Crippen LogP contribution in [0.15, 0.2) is 48.2 Å². The molecule has 2 aromatic heterocycles. The fourth-order valence-electron chi connectivity index (χ4n) is 4.37. The lowest BCUT2D eigenvalue weighted by Crippen LogP contribution is -2.32. The first-order valence-electron chi connectivity index (χ1n) is 10.8. The van der Waals surface area contributed by atoms with E-state index in [4.69, 9.17) is 11.6 Å². The van der Waals surface area contributed by atoms with Crippen LogP contribution in [-0.2, 0) is 9.59 Å². The van der Waals surface area contributed by atoms with E-state index in [2.05, 4.69) is 4.98 Å². The van der Waals surface area contributed by atoms with E-state index in [1.165, 1.54) is 4.90 Å². The molecular formula is C25H27ClN4O3. The van der Waals surface area contributed by atoms with Crippen molar-refractivity contribution in [1.29, 1.82) is 0 Å². The third kappa shape index (κ3) is 4.14. The molecule has 0 aliphatic carbocycles. The maximum atomic E-state index is 13.2. The summed E-state index contributed by atoms with van der Waals surface area (Å²) in [6.07, 6.45) is 2.54. The Morgan fingerprint density at radius 1 is 1.18 bits per heavy atom. The fraction of sp³-hybridized carbons (Fsp3) is 0.320. The molecule has 0 bridgehead atoms. The number of hydrogen-bond acceptors (Lipinski definition) is 5. The lowest BCUT2D eigenvalue weighted by atomic mass is 9.96. The zero-order valence-corrected chi connectivity index (χ0v) is 19.9. The quantitative estimate of drug-likeness (QED) is 0.338. The highest BCUT2D eigenvalue weighted by Crippen LogP contribution is 2.40. The van der Waals surface area contributed by atoms with E-state index in [1.807, 2.05) is 61.6 Å². The molecule has 7 nitrogen and oxygen atoms in total. The number of amides is 1. The van der Waals surface area contributed by atoms with Gasteiger partial charge in [-0.15, -0.1) is 0 Å². The minimum atomic E-state index is -0.740. The summed E-state index contributed by atoms with van der Waals surface area (Å²) < 4.78 is 1.87. The van der Waals surface area contributed by atoms with Gasteiger partial charge < -0.3 is 19.3 Å². The van der Waals surface area contributed by atoms with E-state index in [0.717, 1.165) is 12.1 Å². The number of benzene rings is 1. The van der Waals surface area contributed by atoms with Crippen molar-refractivity contribution in [1.82, 2.24) is 19.2 Å². The Morgan fingerprint density at radius 2 is 1.94 bits per heavy atom. The second-order valence-electron chi connectivity index (χ2n) is 8.63. The van der Waals surface area contributed by atoms with Gasteiger partial charge in [0.2, 0.25) is 0 Å². The van der Waals surface area contributed by atoms with Crippen LogP contribution < -0.4 is 0 Å². The molecule has 0 radical (unpaired) electrons. The predicted octanol–water partition coefficient (Wildman–Crippen LogP) is 3.98. The molecule has 8 heteroatoms. The number of pyridine rings is 1. The molecular weight excluding hydrogens is 440 g/mol. The van der Waals surface area contributed by atoms with Crippen LogP contribution in [-0.4, -0.2) is 63.2 Å². The molecule has 1 N–H and O–H groups in total. The van der Waals surface area contributed by atoms with Crippen molar-refractivity contribution in [3.63, 3.8) is 0 Å². The SMILES string of the molecule is Cc1cccn2c(C)c(/C(O)=C3\C(=O)C(=O)N(CCCN(C)C)C3c3cccc(Cl)c3)nc12. The lowest BCUT2D eigenvalue weighted by molar-refractivity contribution is -0.139. The number of nitrogens with zero attached hydrogens (tertiary/aromatic N) is 4. The van der Waals surface area contributed by atoms with Crippen LogP contribution >= 0.6 is 11.6 Å². The van der Waals surface area contributed by atoms with Crippen LogP contribution in [0.5, 0.6) is 0 Å². The van der Waals surface area contributed by atoms with E-state index in [9.17, 15) is 14.7 Å². The molecule has 3 heterocycles. The van der Waals surface area contributed by atoms with Gasteiger partial charge >= 0.3 is 0 Å². The van der Waals surface area contributed by atoms with Crippen molar-refractivity contribution in [2.45, 2.75) is 26.3 Å². The molecule has 1 aliphatic rings. The summed E-state index contributed by atoms with van der Waals surface area (Å²) in [4.78, 5) is 34.4. The first-order chi connectivity index (χ1) is 15.7. The van der Waals surface area contributed by atoms with Gasteiger partial charge in [-0.1, -0.05) is 29.8 Å². The number of carbonyl (C=O) groups excluding carboxylic acids is 2. The zero-order valence-electron chi connectivity index (χ0n) is 19.2. The molecule has 1 amide bonds. The number of aliphatic hydroxyl groups excluding tert-OH is 1. The molecule has 33 heavy (non-hydrogen) atoms. The summed E-state index contributed by atoms with van der Waals surface area (Å²) in [6.45, 7) is 4.90. The highest BCUT2D eigenvalue weighted by Gasteiger charge is 2.46. The van der Waals surface area contributed by atoms with E-state index < -0.39 is 17.7 Å². The number of carbonyl (C=O) groups is 2. The Kier molecular flexibility index (Phi) is 6.28. The molecule has 4 rings (SSSR count). The first-order valence-corrected chi connectivity index (χ1v) is 11.2. The number of halogens is 1. The maximum absolute atomic E-state index is 13.2. The molecule has 0 spiro atoms. The van der Waals surface area contributed by atoms with Gasteiger partial charge in [0.1, 0.15) is 11.3 Å². The number of rotatable bonds is 6. The number of hydrogen-bond donors (Lipinski definition) is 1. The molecule has 0 saturated carbocycles. The maximum Gasteiger partial charge on any atom is 0.295 e. The molecule has 1 aliphatic heterocycles. The predicted molar refractivity (Wildman–Crippen MR) is 128 cm³/mol. The number of imidazole rings is 1. The van der Waals surface area contributed by atoms with Gasteiger partial charge in [0, 0.05) is 17.8 Å². The Bertz CT molecular complexity index is 1280. The largest absolute Gasteiger partial charge is 0.505 e. The minimum Gasteiger partial charge on any atom is -0.505 e. The summed E-state index contributed by atoms with van der Waals surface area (Å²) in [5.74, 6) is -1.61. The van der Waals surface area contributed by atoms with Gasteiger partial charge in [0.25, 0.3) is 11.7 Å². The molecule has 1 aromatic carbocycles. The van der Waals surface area contributed by atoms with Crippen LogP contribution in [0, 0.1) is 13.8 Å². The number of Topliss-reactive ketones (excluding diaryl/α,β-unsaturated/α-hetero) is 1. The fourth-order valence-corrected chi connectivity index (χ4v) is 4.56. The minimum absolute atomic E-state index is 0.0382. The Morgan fingerprint density at radius 3 is 2.61 bits per heavy atom. The Balaban J connectivity index is 1.88. The average molecular weight is 467 g/mol. The van der Waals surface area contributed by atoms with Crippen LogP contribution in [0.4, 0.5) is 0 Å². The van der Waals surface area contributed by atoms with Crippen molar-refractivity contribution < 1.29 is 14.7 Å². The average Bonchev–Trinajstić information content (AvgIpc) is 3.23. The van der Waals surface area contributed by atoms with Crippen molar-refractivity contribution in [3.8, 4) is 0 Å². The van der Waals surface area contributed by atoms with Gasteiger partial charge in [-0.2, -0.15) is 0 Å². The number of fused-ring (bicyclic) bond motifs is 1. The smallest absolute Gasteiger partial charge is 0.295 e. The number of aromatic nitrogens is 2. The summed E-state index contributed by atoms with van der Waals surface area (Å²) in [5, 5.41) is 11.9. The number of likely N-dealkylation sites (tertiary alicyclic amines) is 1. The molecule has 172 valence electrons. The Labute approximate surface area is 197 Å². The highest BCUT2D eigenvalue weighted by molar-refractivity contribution is 6.46. The van der Waals surface area contributed by atoms with Crippen molar-refractivity contribution in [2.75, 3.05) is 27.2 Å². The summed E-state index contributed by atoms with van der Waals surface area (Å²) in [5.41, 5.74) is 3.32. The molecule has 1 unspecified atom stereocenters. The highest BCUT2D eigenvalue weighted by atomic mass is 35.5. The third-order valence-electron chi connectivity index (χ3n) is 6.02. The molecule has 1 saturated heterocycles. The van der Waals surface area contributed by atoms with E-state index in [-0.39, 0.29) is 11.3 Å². The van der Waals surface area contributed by atoms with Gasteiger partial charge in [-0.3, -0.25) is 9.59 Å². The summed E-state index contributed by atoms with van der Waals surface area (Å²) in [6, 6.07) is 10.1. The summed E-state index contributed by atoms with van der Waals surface area (Å²) in [7, 11) is 3.91. The first kappa shape index (κ1) is 23.0. The molecule has 1 atom stereocenters. The summed E-state index contributed by atoms with van der Waals surface area (Å²) >= 11 is 6.24. The number of ketones is 1. The normalized spacial score (nSPS) is 18.1. The third-order valence-corrected chi connectivity index (χ3v) is 6.25. The van der Waals surface area contributed by atoms with E-state index >= 15 is 0 Å². The van der Waals surface area contributed by atoms with Crippen molar-refractivity contribution in [3.05, 3.63) is 75.7 Å².